The van der Waals surface area contributed by atoms with Gasteiger partial charge in [-0.15, -0.1) is 0 Å². The summed E-state index contributed by atoms with van der Waals surface area (Å²) in [6.07, 6.45) is 3.87. The lowest BCUT2D eigenvalue weighted by Gasteiger charge is -2.34. The second-order valence-corrected chi connectivity index (χ2v) is 12.0. The van der Waals surface area contributed by atoms with E-state index in [0.29, 0.717) is 58.7 Å². The number of aromatic nitrogens is 2. The molecule has 2 amide bonds. The maximum absolute atomic E-state index is 13.4. The highest BCUT2D eigenvalue weighted by atomic mass is 35.5. The van der Waals surface area contributed by atoms with Crippen LogP contribution >= 0.6 is 23.2 Å². The SMILES string of the molecule is CC(C)(C)c1cn2cccc(C(=O)N3CCN(CC(=O)Nc4ccc(Cl)cc4C(=O)c4ccccc4Cl)CC3)c2n1. The molecule has 0 atom stereocenters. The van der Waals surface area contributed by atoms with Crippen molar-refractivity contribution in [3.63, 3.8) is 0 Å². The number of rotatable bonds is 6. The topological polar surface area (TPSA) is 87.0 Å². The molecule has 212 valence electrons. The van der Waals surface area contributed by atoms with E-state index in [1.165, 1.54) is 6.07 Å². The van der Waals surface area contributed by atoms with Crippen molar-refractivity contribution in [2.24, 2.45) is 0 Å². The van der Waals surface area contributed by atoms with Crippen LogP contribution in [0.25, 0.3) is 5.65 Å². The minimum Gasteiger partial charge on any atom is -0.336 e. The van der Waals surface area contributed by atoms with Gasteiger partial charge in [0.15, 0.2) is 5.78 Å². The molecule has 8 nitrogen and oxygen atoms in total. The third kappa shape index (κ3) is 6.30. The van der Waals surface area contributed by atoms with Crippen molar-refractivity contribution in [1.82, 2.24) is 19.2 Å². The molecule has 1 saturated heterocycles. The largest absolute Gasteiger partial charge is 0.336 e. The molecule has 1 N–H and O–H groups in total. The van der Waals surface area contributed by atoms with Gasteiger partial charge in [-0.25, -0.2) is 4.98 Å². The smallest absolute Gasteiger partial charge is 0.257 e. The number of hydrogen-bond donors (Lipinski definition) is 1. The maximum atomic E-state index is 13.4. The summed E-state index contributed by atoms with van der Waals surface area (Å²) in [5.41, 5.74) is 2.95. The van der Waals surface area contributed by atoms with Gasteiger partial charge in [0.2, 0.25) is 5.91 Å². The number of halogens is 2. The zero-order valence-electron chi connectivity index (χ0n) is 23.2. The molecule has 0 unspecified atom stereocenters. The van der Waals surface area contributed by atoms with Crippen LogP contribution in [0.2, 0.25) is 10.0 Å². The lowest BCUT2D eigenvalue weighted by Crippen LogP contribution is -2.50. The summed E-state index contributed by atoms with van der Waals surface area (Å²) >= 11 is 12.4. The van der Waals surface area contributed by atoms with E-state index in [1.807, 2.05) is 33.8 Å². The molecule has 5 rings (SSSR count). The highest BCUT2D eigenvalue weighted by molar-refractivity contribution is 6.36. The fraction of sp³-hybridized carbons (Fsp3) is 0.290. The molecule has 1 aliphatic heterocycles. The lowest BCUT2D eigenvalue weighted by molar-refractivity contribution is -0.117. The predicted octanol–water partition coefficient (Wildman–Crippen LogP) is 5.57. The molecule has 0 aliphatic carbocycles. The van der Waals surface area contributed by atoms with Crippen molar-refractivity contribution in [2.75, 3.05) is 38.0 Å². The van der Waals surface area contributed by atoms with E-state index in [9.17, 15) is 14.4 Å². The highest BCUT2D eigenvalue weighted by Crippen LogP contribution is 2.27. The van der Waals surface area contributed by atoms with Gasteiger partial charge in [-0.3, -0.25) is 19.3 Å². The van der Waals surface area contributed by atoms with Crippen LogP contribution in [0, 0.1) is 0 Å². The normalized spacial score (nSPS) is 14.3. The van der Waals surface area contributed by atoms with Gasteiger partial charge < -0.3 is 14.6 Å². The van der Waals surface area contributed by atoms with Crippen molar-refractivity contribution in [2.45, 2.75) is 26.2 Å². The van der Waals surface area contributed by atoms with E-state index in [1.54, 1.807) is 41.3 Å². The Balaban J connectivity index is 1.22. The number of ketones is 1. The third-order valence-corrected chi connectivity index (χ3v) is 7.69. The van der Waals surface area contributed by atoms with Crippen molar-refractivity contribution in [1.29, 1.82) is 0 Å². The van der Waals surface area contributed by atoms with Crippen LogP contribution in [0.3, 0.4) is 0 Å². The molecule has 4 aromatic rings. The van der Waals surface area contributed by atoms with E-state index in [4.69, 9.17) is 28.2 Å². The molecular weight excluding hydrogens is 561 g/mol. The van der Waals surface area contributed by atoms with Crippen molar-refractivity contribution in [3.05, 3.63) is 99.4 Å². The van der Waals surface area contributed by atoms with E-state index < -0.39 is 0 Å². The monoisotopic (exact) mass is 591 g/mol. The summed E-state index contributed by atoms with van der Waals surface area (Å²) < 4.78 is 1.90. The van der Waals surface area contributed by atoms with Crippen LogP contribution in [-0.2, 0) is 10.2 Å². The van der Waals surface area contributed by atoms with Gasteiger partial charge in [-0.2, -0.15) is 0 Å². The number of hydrogen-bond acceptors (Lipinski definition) is 5. The first-order valence-corrected chi connectivity index (χ1v) is 14.2. The summed E-state index contributed by atoms with van der Waals surface area (Å²) in [5, 5.41) is 3.55. The fourth-order valence-electron chi connectivity index (χ4n) is 4.82. The Labute approximate surface area is 248 Å². The van der Waals surface area contributed by atoms with Gasteiger partial charge in [-0.05, 0) is 42.5 Å². The molecule has 2 aromatic carbocycles. The van der Waals surface area contributed by atoms with E-state index in [-0.39, 0.29) is 35.1 Å². The Morgan fingerprint density at radius 2 is 1.61 bits per heavy atom. The second-order valence-electron chi connectivity index (χ2n) is 11.1. The predicted molar refractivity (Wildman–Crippen MR) is 161 cm³/mol. The number of carbonyl (C=O) groups is 3. The molecule has 0 bridgehead atoms. The summed E-state index contributed by atoms with van der Waals surface area (Å²) in [5.74, 6) is -0.672. The number of amides is 2. The van der Waals surface area contributed by atoms with Gasteiger partial charge in [0.05, 0.1) is 28.5 Å². The molecule has 0 radical (unpaired) electrons. The summed E-state index contributed by atoms with van der Waals surface area (Å²) in [4.78, 5) is 48.2. The van der Waals surface area contributed by atoms with Crippen LogP contribution < -0.4 is 5.32 Å². The number of piperazine rings is 1. The first-order chi connectivity index (χ1) is 19.5. The number of imidazole rings is 1. The lowest BCUT2D eigenvalue weighted by atomic mass is 9.93. The number of nitrogens with one attached hydrogen (secondary N) is 1. The van der Waals surface area contributed by atoms with Crippen molar-refractivity contribution >= 4 is 52.1 Å². The summed E-state index contributed by atoms with van der Waals surface area (Å²) in [6, 6.07) is 15.2. The van der Waals surface area contributed by atoms with Gasteiger partial charge in [0.25, 0.3) is 5.91 Å². The highest BCUT2D eigenvalue weighted by Gasteiger charge is 2.27. The average Bonchev–Trinajstić information content (AvgIpc) is 3.40. The number of benzene rings is 2. The van der Waals surface area contributed by atoms with Crippen LogP contribution in [0.1, 0.15) is 52.7 Å². The molecule has 1 fully saturated rings. The quantitative estimate of drug-likeness (QED) is 0.296. The van der Waals surface area contributed by atoms with Gasteiger partial charge in [-0.1, -0.05) is 56.1 Å². The Morgan fingerprint density at radius 1 is 0.902 bits per heavy atom. The zero-order chi connectivity index (χ0) is 29.3. The minimum atomic E-state index is -0.331. The Kier molecular flexibility index (Phi) is 8.18. The number of fused-ring (bicyclic) bond motifs is 1. The van der Waals surface area contributed by atoms with E-state index in [0.717, 1.165) is 5.69 Å². The fourth-order valence-corrected chi connectivity index (χ4v) is 5.21. The number of anilines is 1. The van der Waals surface area contributed by atoms with E-state index >= 15 is 0 Å². The van der Waals surface area contributed by atoms with Crippen molar-refractivity contribution < 1.29 is 14.4 Å². The maximum Gasteiger partial charge on any atom is 0.257 e. The molecule has 2 aromatic heterocycles. The molecule has 3 heterocycles. The van der Waals surface area contributed by atoms with E-state index in [2.05, 4.69) is 26.1 Å². The molecule has 1 aliphatic rings. The average molecular weight is 593 g/mol. The molecule has 41 heavy (non-hydrogen) atoms. The van der Waals surface area contributed by atoms with Crippen LogP contribution in [-0.4, -0.2) is 69.5 Å². The van der Waals surface area contributed by atoms with Gasteiger partial charge in [0.1, 0.15) is 5.65 Å². The standard InChI is InChI=1S/C31H31Cl2N5O3/c1-31(2,3)26-18-38-12-6-8-22(29(38)35-26)30(41)37-15-13-36(14-16-37)19-27(39)34-25-11-10-20(32)17-23(25)28(40)21-7-4-5-9-24(21)33/h4-12,17-18H,13-16,19H2,1-3H3,(H,34,39). The Hall–Kier alpha value is -3.72. The molecular formula is C31H31Cl2N5O3. The Morgan fingerprint density at radius 3 is 2.32 bits per heavy atom. The number of carbonyl (C=O) groups excluding carboxylic acids is 3. The molecule has 0 saturated carbocycles. The first-order valence-electron chi connectivity index (χ1n) is 13.4. The van der Waals surface area contributed by atoms with Crippen LogP contribution in [0.15, 0.2) is 67.0 Å². The van der Waals surface area contributed by atoms with Gasteiger partial charge in [0, 0.05) is 60.1 Å². The number of pyridine rings is 1. The van der Waals surface area contributed by atoms with Gasteiger partial charge >= 0.3 is 0 Å². The summed E-state index contributed by atoms with van der Waals surface area (Å²) in [6.45, 7) is 8.44. The number of nitrogens with zero attached hydrogens (tertiary/aromatic N) is 4. The van der Waals surface area contributed by atoms with Crippen LogP contribution in [0.4, 0.5) is 5.69 Å². The minimum absolute atomic E-state index is 0.0744. The first kappa shape index (κ1) is 28.8. The summed E-state index contributed by atoms with van der Waals surface area (Å²) in [7, 11) is 0. The zero-order valence-corrected chi connectivity index (χ0v) is 24.7. The Bertz CT molecular complexity index is 1630. The van der Waals surface area contributed by atoms with Crippen molar-refractivity contribution in [3.8, 4) is 0 Å². The van der Waals surface area contributed by atoms with Crippen LogP contribution in [0.5, 0.6) is 0 Å². The molecule has 10 heteroatoms. The second kappa shape index (κ2) is 11.6. The third-order valence-electron chi connectivity index (χ3n) is 7.13. The molecule has 0 spiro atoms.